The topological polar surface area (TPSA) is 203 Å². The van der Waals surface area contributed by atoms with E-state index in [-0.39, 0.29) is 52.0 Å². The first-order valence-electron chi connectivity index (χ1n) is 8.54. The summed E-state index contributed by atoms with van der Waals surface area (Å²) in [7, 11) is -4.57. The molecule has 0 radical (unpaired) electrons. The number of benzene rings is 3. The van der Waals surface area contributed by atoms with Gasteiger partial charge in [0.1, 0.15) is 5.36 Å². The standard InChI is InChI=1S/C18H13N5O8S.Na/c24-15-7-5-12(32(29,30)31)9-14(15)21-20-13-6-8-16(25)17(18(13)26)22-19-10-1-3-11(4-2-10)23(27)28;/h1-9,19,21,24H,(H,29,30,31);/q;+1/p-1/b20-13-,22-17+;. The van der Waals surface area contributed by atoms with Gasteiger partial charge in [0.05, 0.1) is 15.5 Å². The summed E-state index contributed by atoms with van der Waals surface area (Å²) in [6.45, 7) is 0. The van der Waals surface area contributed by atoms with Crippen LogP contribution in [0.4, 0.5) is 17.1 Å². The van der Waals surface area contributed by atoms with Gasteiger partial charge < -0.3 is 5.11 Å². The van der Waals surface area contributed by atoms with Crippen molar-refractivity contribution in [3.8, 4) is 5.75 Å². The molecule has 0 spiro atoms. The third-order valence-corrected chi connectivity index (χ3v) is 4.84. The second-order valence-electron chi connectivity index (χ2n) is 6.14. The zero-order chi connectivity index (χ0) is 23.5. The molecule has 164 valence electrons. The fourth-order valence-corrected chi connectivity index (χ4v) is 2.90. The molecule has 0 aliphatic rings. The zero-order valence-electron chi connectivity index (χ0n) is 16.8. The molecule has 3 aromatic rings. The predicted octanol–water partition coefficient (Wildman–Crippen LogP) is -3.63. The Kier molecular flexibility index (Phi) is 8.18. The van der Waals surface area contributed by atoms with Crippen LogP contribution < -0.4 is 67.1 Å². The molecule has 0 aromatic heterocycles. The van der Waals surface area contributed by atoms with Crippen LogP contribution in [0.2, 0.25) is 0 Å². The fraction of sp³-hybridized carbons (Fsp3) is 0. The Hall–Kier alpha value is -3.43. The summed E-state index contributed by atoms with van der Waals surface area (Å²) in [5.41, 5.74) is 2.80. The van der Waals surface area contributed by atoms with Crippen molar-refractivity contribution in [2.75, 3.05) is 10.9 Å². The summed E-state index contributed by atoms with van der Waals surface area (Å²) in [4.78, 5) is 34.0. The van der Waals surface area contributed by atoms with E-state index in [4.69, 9.17) is 4.55 Å². The monoisotopic (exact) mass is 481 g/mol. The normalized spacial score (nSPS) is 12.2. The van der Waals surface area contributed by atoms with Crippen molar-refractivity contribution in [1.82, 2.24) is 0 Å². The van der Waals surface area contributed by atoms with Gasteiger partial charge in [0, 0.05) is 17.8 Å². The molecule has 0 saturated carbocycles. The number of hydrogen-bond acceptors (Lipinski definition) is 11. The van der Waals surface area contributed by atoms with Crippen molar-refractivity contribution in [3.63, 3.8) is 0 Å². The Labute approximate surface area is 206 Å². The van der Waals surface area contributed by atoms with Crippen LogP contribution in [-0.2, 0) is 10.1 Å². The van der Waals surface area contributed by atoms with Crippen LogP contribution in [0, 0.1) is 10.1 Å². The van der Waals surface area contributed by atoms with E-state index in [0.717, 1.165) is 30.3 Å². The van der Waals surface area contributed by atoms with Crippen LogP contribution in [0.3, 0.4) is 0 Å². The summed E-state index contributed by atoms with van der Waals surface area (Å²) in [5.74, 6) is -0.668. The molecular formula is C18H12N5NaO8S. The van der Waals surface area contributed by atoms with E-state index in [2.05, 4.69) is 21.1 Å². The maximum absolute atomic E-state index is 12.5. The number of nitro groups is 1. The largest absolute Gasteiger partial charge is 1.00 e. The molecule has 0 atom stereocenters. The molecule has 0 amide bonds. The number of hydrogen-bond donors (Lipinski definition) is 3. The van der Waals surface area contributed by atoms with Gasteiger partial charge >= 0.3 is 29.6 Å². The van der Waals surface area contributed by atoms with Gasteiger partial charge in [0.15, 0.2) is 5.36 Å². The first-order valence-corrected chi connectivity index (χ1v) is 9.98. The maximum atomic E-state index is 12.5. The number of anilines is 2. The van der Waals surface area contributed by atoms with Crippen molar-refractivity contribution in [2.24, 2.45) is 10.2 Å². The van der Waals surface area contributed by atoms with Crippen LogP contribution in [0.15, 0.2) is 79.3 Å². The van der Waals surface area contributed by atoms with E-state index < -0.39 is 41.9 Å². The third kappa shape index (κ3) is 6.30. The molecule has 0 unspecified atom stereocenters. The van der Waals surface area contributed by atoms with Gasteiger partial charge in [-0.1, -0.05) is 11.8 Å². The van der Waals surface area contributed by atoms with Gasteiger partial charge in [-0.25, -0.2) is 0 Å². The van der Waals surface area contributed by atoms with E-state index in [1.165, 1.54) is 24.3 Å². The van der Waals surface area contributed by atoms with Crippen molar-refractivity contribution < 1.29 is 52.6 Å². The molecule has 0 fully saturated rings. The molecule has 3 aromatic carbocycles. The van der Waals surface area contributed by atoms with Gasteiger partial charge in [-0.2, -0.15) is 18.6 Å². The minimum Gasteiger partial charge on any atom is -0.871 e. The molecule has 0 heterocycles. The second kappa shape index (κ2) is 10.5. The molecule has 15 heteroatoms. The quantitative estimate of drug-likeness (QED) is 0.136. The molecule has 33 heavy (non-hydrogen) atoms. The predicted molar refractivity (Wildman–Crippen MR) is 109 cm³/mol. The van der Waals surface area contributed by atoms with Crippen LogP contribution in [0.25, 0.3) is 0 Å². The molecular weight excluding hydrogens is 469 g/mol. The summed E-state index contributed by atoms with van der Waals surface area (Å²) < 4.78 is 31.5. The first kappa shape index (κ1) is 25.8. The van der Waals surface area contributed by atoms with Crippen LogP contribution in [0.5, 0.6) is 5.75 Å². The molecule has 0 bridgehead atoms. The van der Waals surface area contributed by atoms with Crippen LogP contribution >= 0.6 is 0 Å². The average Bonchev–Trinajstić information content (AvgIpc) is 2.73. The Morgan fingerprint density at radius 2 is 1.61 bits per heavy atom. The average molecular weight is 481 g/mol. The van der Waals surface area contributed by atoms with Crippen molar-refractivity contribution in [3.05, 3.63) is 95.9 Å². The molecule has 0 saturated heterocycles. The number of nitrogens with zero attached hydrogens (tertiary/aromatic N) is 3. The summed E-state index contributed by atoms with van der Waals surface area (Å²) in [6.07, 6.45) is 0. The Bertz CT molecular complexity index is 1530. The first-order chi connectivity index (χ1) is 15.1. The summed E-state index contributed by atoms with van der Waals surface area (Å²) in [5, 5.41) is 29.1. The van der Waals surface area contributed by atoms with Gasteiger partial charge in [-0.3, -0.25) is 35.1 Å². The SMILES string of the molecule is O=c1cc/c(=N/Nc2cc(S(=O)(=O)O)ccc2[O-])c(=O)/c1=N/Nc1ccc([N+](=O)[O-])cc1.[Na+]. The van der Waals surface area contributed by atoms with Crippen LogP contribution in [0.1, 0.15) is 0 Å². The zero-order valence-corrected chi connectivity index (χ0v) is 19.6. The van der Waals surface area contributed by atoms with Gasteiger partial charge in [0.25, 0.3) is 15.8 Å². The van der Waals surface area contributed by atoms with E-state index in [0.29, 0.717) is 0 Å². The van der Waals surface area contributed by atoms with E-state index in [1.54, 1.807) is 0 Å². The molecule has 13 nitrogen and oxygen atoms in total. The van der Waals surface area contributed by atoms with Crippen LogP contribution in [-0.4, -0.2) is 17.9 Å². The maximum Gasteiger partial charge on any atom is 1.00 e. The van der Waals surface area contributed by atoms with E-state index >= 15 is 0 Å². The number of non-ortho nitro benzene ring substituents is 1. The Morgan fingerprint density at radius 3 is 2.21 bits per heavy atom. The van der Waals surface area contributed by atoms with Crippen molar-refractivity contribution in [1.29, 1.82) is 0 Å². The Balaban J connectivity index is 0.00000385. The van der Waals surface area contributed by atoms with Gasteiger partial charge in [-0.15, -0.1) is 0 Å². The number of nitro benzene ring substituents is 1. The van der Waals surface area contributed by atoms with Gasteiger partial charge in [-0.05, 0) is 36.4 Å². The smallest absolute Gasteiger partial charge is 0.871 e. The van der Waals surface area contributed by atoms with E-state index in [1.807, 2.05) is 0 Å². The minimum absolute atomic E-state index is 0. The number of nitrogens with one attached hydrogen (secondary N) is 2. The molecule has 3 rings (SSSR count). The number of rotatable bonds is 6. The minimum atomic E-state index is -4.57. The summed E-state index contributed by atoms with van der Waals surface area (Å²) in [6, 6.07) is 9.73. The molecule has 0 aliphatic heterocycles. The summed E-state index contributed by atoms with van der Waals surface area (Å²) >= 11 is 0. The van der Waals surface area contributed by atoms with Crippen molar-refractivity contribution >= 4 is 27.2 Å². The van der Waals surface area contributed by atoms with Crippen molar-refractivity contribution in [2.45, 2.75) is 4.90 Å². The third-order valence-electron chi connectivity index (χ3n) is 3.99. The molecule has 0 aliphatic carbocycles. The van der Waals surface area contributed by atoms with E-state index in [9.17, 15) is 33.2 Å². The Morgan fingerprint density at radius 1 is 0.939 bits per heavy atom. The second-order valence-corrected chi connectivity index (χ2v) is 7.57. The molecule has 3 N–H and O–H groups in total. The fourth-order valence-electron chi connectivity index (χ4n) is 2.39. The van der Waals surface area contributed by atoms with Gasteiger partial charge in [0.2, 0.25) is 10.9 Å².